The molecule has 0 spiro atoms. The van der Waals surface area contributed by atoms with Crippen molar-refractivity contribution in [3.05, 3.63) is 236 Å². The van der Waals surface area contributed by atoms with Gasteiger partial charge in [-0.05, 0) is 158 Å². The van der Waals surface area contributed by atoms with Gasteiger partial charge in [-0.2, -0.15) is 5.26 Å². The summed E-state index contributed by atoms with van der Waals surface area (Å²) >= 11 is 0. The third-order valence-electron chi connectivity index (χ3n) is 14.3. The van der Waals surface area contributed by atoms with Crippen molar-refractivity contribution in [2.75, 3.05) is 0 Å². The Kier molecular flexibility index (Phi) is 8.08. The molecule has 2 heteroatoms. The Balaban J connectivity index is 1.01. The molecule has 0 radical (unpaired) electrons. The predicted molar refractivity (Wildman–Crippen MR) is 284 cm³/mol. The van der Waals surface area contributed by atoms with Crippen molar-refractivity contribution in [1.82, 2.24) is 4.57 Å². The molecule has 0 bridgehead atoms. The molecule has 2 nitrogen and oxygen atoms in total. The Labute approximate surface area is 386 Å². The van der Waals surface area contributed by atoms with Crippen LogP contribution in [-0.2, 0) is 0 Å². The molecule has 14 aromatic rings. The molecule has 0 fully saturated rings. The highest BCUT2D eigenvalue weighted by molar-refractivity contribution is 6.34. The zero-order valence-electron chi connectivity index (χ0n) is 36.3. The van der Waals surface area contributed by atoms with Crippen LogP contribution in [0, 0.1) is 11.3 Å². The lowest BCUT2D eigenvalue weighted by molar-refractivity contribution is 1.19. The van der Waals surface area contributed by atoms with Gasteiger partial charge in [0.15, 0.2) is 0 Å². The summed E-state index contributed by atoms with van der Waals surface area (Å²) in [6.45, 7) is 0. The van der Waals surface area contributed by atoms with Crippen LogP contribution >= 0.6 is 0 Å². The lowest BCUT2D eigenvalue weighted by atomic mass is 9.84. The van der Waals surface area contributed by atoms with Gasteiger partial charge in [0.1, 0.15) is 0 Å². The second-order valence-electron chi connectivity index (χ2n) is 17.9. The molecule has 0 N–H and O–H groups in total. The molecule has 0 aliphatic rings. The highest BCUT2D eigenvalue weighted by Gasteiger charge is 2.22. The molecule has 0 atom stereocenters. The standard InChI is InChI=1S/C65H38N2/c66-39-40-22-24-41(25-23-40)45-28-26-42-27-29-46(35-48(42)34-45)62-53-18-8-10-20-55(53)63(56-21-11-9-19-54(56)62)47-30-31-51-57-32-33-58-60-36-43-12-4-5-13-44(43)38-61(60)67(49-14-2-1-3-15-49)65(58)64(57)52-17-7-6-16-50(52)59(51)37-47/h1-38H. The summed E-state index contributed by atoms with van der Waals surface area (Å²) < 4.78 is 2.50. The van der Waals surface area contributed by atoms with Gasteiger partial charge in [0.05, 0.1) is 22.7 Å². The van der Waals surface area contributed by atoms with E-state index in [1.807, 2.05) is 24.3 Å². The van der Waals surface area contributed by atoms with Gasteiger partial charge < -0.3 is 4.57 Å². The Hall–Kier alpha value is -9.03. The zero-order valence-corrected chi connectivity index (χ0v) is 36.3. The van der Waals surface area contributed by atoms with Gasteiger partial charge in [0.25, 0.3) is 0 Å². The number of nitriles is 1. The average molecular weight is 847 g/mol. The van der Waals surface area contributed by atoms with Crippen molar-refractivity contribution in [3.63, 3.8) is 0 Å². The normalized spacial score (nSPS) is 11.9. The fourth-order valence-electron chi connectivity index (χ4n) is 11.3. The number of rotatable bonds is 4. The Morgan fingerprint density at radius 1 is 0.299 bits per heavy atom. The van der Waals surface area contributed by atoms with Crippen LogP contribution in [0.4, 0.5) is 0 Å². The van der Waals surface area contributed by atoms with Gasteiger partial charge in [-0.3, -0.25) is 0 Å². The lowest BCUT2D eigenvalue weighted by Crippen LogP contribution is -1.95. The van der Waals surface area contributed by atoms with Crippen LogP contribution in [-0.4, -0.2) is 4.57 Å². The molecule has 67 heavy (non-hydrogen) atoms. The summed E-state index contributed by atoms with van der Waals surface area (Å²) in [5, 5.41) is 29.2. The number of nitrogens with zero attached hydrogens (tertiary/aromatic N) is 2. The predicted octanol–water partition coefficient (Wildman–Crippen LogP) is 17.7. The van der Waals surface area contributed by atoms with Crippen LogP contribution in [0.1, 0.15) is 5.56 Å². The molecule has 13 aromatic carbocycles. The van der Waals surface area contributed by atoms with Crippen LogP contribution in [0.5, 0.6) is 0 Å². The SMILES string of the molecule is N#Cc1ccc(-c2ccc3ccc(-c4c5ccccc5c(-c5ccc6c(c5)c5ccccc5c5c6ccc6c7cc8ccccc8cc7n(-c7ccccc7)c65)c5ccccc45)cc3c2)cc1. The number of aromatic nitrogens is 1. The minimum absolute atomic E-state index is 0.665. The van der Waals surface area contributed by atoms with Crippen molar-refractivity contribution >= 4 is 97.2 Å². The Morgan fingerprint density at radius 3 is 1.48 bits per heavy atom. The first-order valence-corrected chi connectivity index (χ1v) is 23.0. The van der Waals surface area contributed by atoms with E-state index in [9.17, 15) is 5.26 Å². The number of hydrogen-bond acceptors (Lipinski definition) is 1. The Bertz CT molecular complexity index is 4360. The molecule has 0 saturated carbocycles. The molecule has 0 saturated heterocycles. The third kappa shape index (κ3) is 5.62. The van der Waals surface area contributed by atoms with Crippen molar-refractivity contribution in [2.45, 2.75) is 0 Å². The van der Waals surface area contributed by atoms with Crippen molar-refractivity contribution in [1.29, 1.82) is 5.26 Å². The van der Waals surface area contributed by atoms with Gasteiger partial charge in [-0.15, -0.1) is 0 Å². The molecular weight excluding hydrogens is 809 g/mol. The smallest absolute Gasteiger partial charge is 0.0991 e. The molecule has 308 valence electrons. The minimum Gasteiger partial charge on any atom is -0.309 e. The van der Waals surface area contributed by atoms with Gasteiger partial charge in [-0.25, -0.2) is 0 Å². The monoisotopic (exact) mass is 846 g/mol. The van der Waals surface area contributed by atoms with Crippen LogP contribution < -0.4 is 0 Å². The van der Waals surface area contributed by atoms with E-state index in [2.05, 4.69) is 217 Å². The van der Waals surface area contributed by atoms with E-state index < -0.39 is 0 Å². The first kappa shape index (κ1) is 37.4. The van der Waals surface area contributed by atoms with Crippen LogP contribution in [0.25, 0.3) is 136 Å². The lowest BCUT2D eigenvalue weighted by Gasteiger charge is -2.19. The second kappa shape index (κ2) is 14.5. The average Bonchev–Trinajstić information content (AvgIpc) is 3.72. The van der Waals surface area contributed by atoms with Crippen LogP contribution in [0.2, 0.25) is 0 Å². The van der Waals surface area contributed by atoms with E-state index in [1.165, 1.54) is 119 Å². The summed E-state index contributed by atoms with van der Waals surface area (Å²) in [5.41, 5.74) is 11.4. The quantitative estimate of drug-likeness (QED) is 0.128. The molecule has 0 aliphatic carbocycles. The fraction of sp³-hybridized carbons (Fsp3) is 0. The van der Waals surface area contributed by atoms with Crippen molar-refractivity contribution in [3.8, 4) is 45.1 Å². The number of para-hydroxylation sites is 1. The maximum atomic E-state index is 9.38. The van der Waals surface area contributed by atoms with Gasteiger partial charge in [-0.1, -0.05) is 176 Å². The molecule has 14 rings (SSSR count). The molecule has 0 amide bonds. The summed E-state index contributed by atoms with van der Waals surface area (Å²) in [6.07, 6.45) is 0. The number of hydrogen-bond donors (Lipinski definition) is 0. The van der Waals surface area contributed by atoms with Gasteiger partial charge >= 0.3 is 0 Å². The first-order valence-electron chi connectivity index (χ1n) is 23.0. The molecule has 0 unspecified atom stereocenters. The van der Waals surface area contributed by atoms with Crippen LogP contribution in [0.3, 0.4) is 0 Å². The van der Waals surface area contributed by atoms with Crippen molar-refractivity contribution < 1.29 is 0 Å². The minimum atomic E-state index is 0.665. The van der Waals surface area contributed by atoms with E-state index in [0.717, 1.165) is 16.8 Å². The molecule has 1 heterocycles. The third-order valence-corrected chi connectivity index (χ3v) is 14.3. The maximum absolute atomic E-state index is 9.38. The van der Waals surface area contributed by atoms with E-state index in [4.69, 9.17) is 0 Å². The van der Waals surface area contributed by atoms with Crippen molar-refractivity contribution in [2.24, 2.45) is 0 Å². The molecular formula is C65H38N2. The zero-order chi connectivity index (χ0) is 44.2. The van der Waals surface area contributed by atoms with E-state index in [1.54, 1.807) is 0 Å². The summed E-state index contributed by atoms with van der Waals surface area (Å²) in [6, 6.07) is 86.8. The number of fused-ring (bicyclic) bond motifs is 14. The fourth-order valence-corrected chi connectivity index (χ4v) is 11.3. The topological polar surface area (TPSA) is 28.7 Å². The summed E-state index contributed by atoms with van der Waals surface area (Å²) in [7, 11) is 0. The van der Waals surface area contributed by atoms with Gasteiger partial charge in [0.2, 0.25) is 0 Å². The molecule has 0 aliphatic heterocycles. The first-order chi connectivity index (χ1) is 33.2. The largest absolute Gasteiger partial charge is 0.309 e. The Morgan fingerprint density at radius 2 is 0.791 bits per heavy atom. The second-order valence-corrected chi connectivity index (χ2v) is 17.9. The summed E-state index contributed by atoms with van der Waals surface area (Å²) in [4.78, 5) is 0. The highest BCUT2D eigenvalue weighted by atomic mass is 15.0. The van der Waals surface area contributed by atoms with Crippen LogP contribution in [0.15, 0.2) is 231 Å². The van der Waals surface area contributed by atoms with E-state index in [-0.39, 0.29) is 0 Å². The van der Waals surface area contributed by atoms with Gasteiger partial charge in [0, 0.05) is 21.8 Å². The van der Waals surface area contributed by atoms with E-state index >= 15 is 0 Å². The molecule has 1 aromatic heterocycles. The number of benzene rings is 13. The highest BCUT2D eigenvalue weighted by Crippen LogP contribution is 2.48. The maximum Gasteiger partial charge on any atom is 0.0991 e. The van der Waals surface area contributed by atoms with E-state index in [0.29, 0.717) is 5.56 Å². The summed E-state index contributed by atoms with van der Waals surface area (Å²) in [5.74, 6) is 0.